The van der Waals surface area contributed by atoms with Crippen molar-refractivity contribution in [2.75, 3.05) is 31.2 Å². The molecule has 0 amide bonds. The molecule has 5 rings (SSSR count). The number of anilines is 1. The SMILES string of the molecule is Cc1ccc(Cn2c(=O)n(Cc3ccc(C)cc3)c3cc([N+](=O)[O-])c(N4CCOCC4)cc32)cc1. The van der Waals surface area contributed by atoms with Gasteiger partial charge in [0, 0.05) is 19.2 Å². The summed E-state index contributed by atoms with van der Waals surface area (Å²) in [6.07, 6.45) is 0. The number of imidazole rings is 1. The Kier molecular flexibility index (Phi) is 6.13. The van der Waals surface area contributed by atoms with Gasteiger partial charge >= 0.3 is 5.69 Å². The van der Waals surface area contributed by atoms with E-state index in [-0.39, 0.29) is 16.3 Å². The van der Waals surface area contributed by atoms with Gasteiger partial charge in [-0.05, 0) is 31.0 Å². The Hall–Kier alpha value is -3.91. The molecular weight excluding hydrogens is 444 g/mol. The lowest BCUT2D eigenvalue weighted by atomic mass is 10.1. The number of nitro benzene ring substituents is 1. The molecule has 0 spiro atoms. The van der Waals surface area contributed by atoms with Crippen molar-refractivity contribution in [2.24, 2.45) is 0 Å². The van der Waals surface area contributed by atoms with E-state index in [1.165, 1.54) is 0 Å². The van der Waals surface area contributed by atoms with Gasteiger partial charge in [-0.1, -0.05) is 59.7 Å². The van der Waals surface area contributed by atoms with Gasteiger partial charge < -0.3 is 9.64 Å². The Morgan fingerprint density at radius 1 is 0.829 bits per heavy atom. The highest BCUT2D eigenvalue weighted by Crippen LogP contribution is 2.34. The van der Waals surface area contributed by atoms with Crippen molar-refractivity contribution >= 4 is 22.4 Å². The first kappa shape index (κ1) is 22.9. The highest BCUT2D eigenvalue weighted by Gasteiger charge is 2.26. The molecule has 0 radical (unpaired) electrons. The van der Waals surface area contributed by atoms with Crippen LogP contribution < -0.4 is 10.6 Å². The molecular formula is C27H28N4O4. The maximum atomic E-state index is 13.7. The predicted octanol–water partition coefficient (Wildman–Crippen LogP) is 4.26. The Balaban J connectivity index is 1.70. The summed E-state index contributed by atoms with van der Waals surface area (Å²) >= 11 is 0. The number of morpholine rings is 1. The summed E-state index contributed by atoms with van der Waals surface area (Å²) in [6, 6.07) is 19.4. The topological polar surface area (TPSA) is 82.5 Å². The number of nitrogens with zero attached hydrogens (tertiary/aromatic N) is 4. The molecule has 180 valence electrons. The van der Waals surface area contributed by atoms with Crippen LogP contribution in [0.1, 0.15) is 22.3 Å². The third kappa shape index (κ3) is 4.57. The van der Waals surface area contributed by atoms with Crippen LogP contribution in [0.2, 0.25) is 0 Å². The van der Waals surface area contributed by atoms with Crippen LogP contribution in [0.25, 0.3) is 11.0 Å². The predicted molar refractivity (Wildman–Crippen MR) is 136 cm³/mol. The van der Waals surface area contributed by atoms with E-state index in [0.29, 0.717) is 56.1 Å². The normalized spacial score (nSPS) is 13.9. The molecule has 0 N–H and O–H groups in total. The molecule has 2 heterocycles. The van der Waals surface area contributed by atoms with Gasteiger partial charge in [0.1, 0.15) is 5.69 Å². The van der Waals surface area contributed by atoms with E-state index >= 15 is 0 Å². The molecule has 0 bridgehead atoms. The van der Waals surface area contributed by atoms with E-state index in [1.54, 1.807) is 21.3 Å². The van der Waals surface area contributed by atoms with E-state index in [9.17, 15) is 14.9 Å². The lowest BCUT2D eigenvalue weighted by Crippen LogP contribution is -2.36. The average molecular weight is 473 g/mol. The Morgan fingerprint density at radius 3 is 1.80 bits per heavy atom. The summed E-state index contributed by atoms with van der Waals surface area (Å²) < 4.78 is 8.82. The van der Waals surface area contributed by atoms with Crippen molar-refractivity contribution < 1.29 is 9.66 Å². The second-order valence-electron chi connectivity index (χ2n) is 9.11. The molecule has 0 atom stereocenters. The number of fused-ring (bicyclic) bond motifs is 1. The Bertz CT molecular complexity index is 1430. The molecule has 0 aliphatic carbocycles. The molecule has 35 heavy (non-hydrogen) atoms. The molecule has 0 unspecified atom stereocenters. The summed E-state index contributed by atoms with van der Waals surface area (Å²) in [5.41, 5.74) is 5.84. The highest BCUT2D eigenvalue weighted by molar-refractivity contribution is 5.86. The fourth-order valence-corrected chi connectivity index (χ4v) is 4.60. The van der Waals surface area contributed by atoms with Crippen LogP contribution in [0, 0.1) is 24.0 Å². The van der Waals surface area contributed by atoms with Crippen LogP contribution in [0.3, 0.4) is 0 Å². The van der Waals surface area contributed by atoms with Crippen molar-refractivity contribution in [1.29, 1.82) is 0 Å². The average Bonchev–Trinajstić information content (AvgIpc) is 3.11. The van der Waals surface area contributed by atoms with Crippen molar-refractivity contribution in [1.82, 2.24) is 9.13 Å². The van der Waals surface area contributed by atoms with Gasteiger partial charge in [0.05, 0.1) is 42.3 Å². The van der Waals surface area contributed by atoms with Gasteiger partial charge in [0.25, 0.3) is 5.69 Å². The standard InChI is InChI=1S/C27H28N4O4/c1-19-3-7-21(8-4-19)17-29-24-15-23(28-11-13-35-14-12-28)26(31(33)34)16-25(24)30(27(29)32)18-22-9-5-20(2)6-10-22/h3-10,15-16H,11-14,17-18H2,1-2H3. The second kappa shape index (κ2) is 9.38. The number of nitro groups is 1. The fourth-order valence-electron chi connectivity index (χ4n) is 4.60. The van der Waals surface area contributed by atoms with Crippen molar-refractivity contribution in [3.05, 3.63) is 104 Å². The van der Waals surface area contributed by atoms with Gasteiger partial charge in [-0.15, -0.1) is 0 Å². The number of rotatable bonds is 6. The van der Waals surface area contributed by atoms with Gasteiger partial charge in [-0.25, -0.2) is 4.79 Å². The summed E-state index contributed by atoms with van der Waals surface area (Å²) in [6.45, 7) is 6.93. The van der Waals surface area contributed by atoms with Crippen LogP contribution in [0.4, 0.5) is 11.4 Å². The van der Waals surface area contributed by atoms with Gasteiger partial charge in [-0.2, -0.15) is 0 Å². The van der Waals surface area contributed by atoms with Crippen molar-refractivity contribution in [3.63, 3.8) is 0 Å². The molecule has 0 saturated carbocycles. The number of ether oxygens (including phenoxy) is 1. The molecule has 1 saturated heterocycles. The minimum absolute atomic E-state index is 0.00421. The molecule has 8 heteroatoms. The van der Waals surface area contributed by atoms with E-state index in [4.69, 9.17) is 4.74 Å². The maximum Gasteiger partial charge on any atom is 0.329 e. The minimum Gasteiger partial charge on any atom is -0.378 e. The second-order valence-corrected chi connectivity index (χ2v) is 9.11. The summed E-state index contributed by atoms with van der Waals surface area (Å²) in [7, 11) is 0. The van der Waals surface area contributed by atoms with Crippen molar-refractivity contribution in [2.45, 2.75) is 26.9 Å². The molecule has 3 aromatic carbocycles. The lowest BCUT2D eigenvalue weighted by molar-refractivity contribution is -0.384. The lowest BCUT2D eigenvalue weighted by Gasteiger charge is -2.28. The van der Waals surface area contributed by atoms with Crippen LogP contribution in [0.5, 0.6) is 0 Å². The smallest absolute Gasteiger partial charge is 0.329 e. The first-order chi connectivity index (χ1) is 16.9. The quantitative estimate of drug-likeness (QED) is 0.309. The van der Waals surface area contributed by atoms with Gasteiger partial charge in [0.15, 0.2) is 0 Å². The first-order valence-corrected chi connectivity index (χ1v) is 11.8. The van der Waals surface area contributed by atoms with E-state index in [2.05, 4.69) is 0 Å². The molecule has 1 fully saturated rings. The van der Waals surface area contributed by atoms with Gasteiger partial charge in [0.2, 0.25) is 0 Å². The molecule has 1 aromatic heterocycles. The number of hydrogen-bond acceptors (Lipinski definition) is 5. The van der Waals surface area contributed by atoms with Crippen LogP contribution >= 0.6 is 0 Å². The van der Waals surface area contributed by atoms with E-state index in [1.807, 2.05) is 67.3 Å². The number of aromatic nitrogens is 2. The Morgan fingerprint density at radius 2 is 1.31 bits per heavy atom. The number of hydrogen-bond donors (Lipinski definition) is 0. The first-order valence-electron chi connectivity index (χ1n) is 11.8. The van der Waals surface area contributed by atoms with Crippen LogP contribution in [-0.2, 0) is 17.8 Å². The fraction of sp³-hybridized carbons (Fsp3) is 0.296. The zero-order valence-electron chi connectivity index (χ0n) is 19.9. The molecule has 8 nitrogen and oxygen atoms in total. The summed E-state index contributed by atoms with van der Waals surface area (Å²) in [4.78, 5) is 27.4. The summed E-state index contributed by atoms with van der Waals surface area (Å²) in [5, 5.41) is 12.1. The zero-order chi connectivity index (χ0) is 24.5. The third-order valence-electron chi connectivity index (χ3n) is 6.59. The summed E-state index contributed by atoms with van der Waals surface area (Å²) in [5.74, 6) is 0. The molecule has 1 aliphatic rings. The minimum atomic E-state index is -0.359. The monoisotopic (exact) mass is 472 g/mol. The maximum absolute atomic E-state index is 13.7. The third-order valence-corrected chi connectivity index (χ3v) is 6.59. The Labute approximate surface area is 203 Å². The van der Waals surface area contributed by atoms with Crippen LogP contribution in [0.15, 0.2) is 65.5 Å². The van der Waals surface area contributed by atoms with E-state index < -0.39 is 0 Å². The largest absolute Gasteiger partial charge is 0.378 e. The van der Waals surface area contributed by atoms with Gasteiger partial charge in [-0.3, -0.25) is 19.2 Å². The van der Waals surface area contributed by atoms with Crippen molar-refractivity contribution in [3.8, 4) is 0 Å². The highest BCUT2D eigenvalue weighted by atomic mass is 16.6. The number of benzene rings is 3. The van der Waals surface area contributed by atoms with Crippen LogP contribution in [-0.4, -0.2) is 40.4 Å². The molecule has 4 aromatic rings. The van der Waals surface area contributed by atoms with E-state index in [0.717, 1.165) is 22.3 Å². The molecule has 1 aliphatic heterocycles. The zero-order valence-corrected chi connectivity index (χ0v) is 19.9. The number of aryl methyl sites for hydroxylation is 2.